The summed E-state index contributed by atoms with van der Waals surface area (Å²) in [6.45, 7) is 3.00. The Labute approximate surface area is 196 Å². The molecule has 0 spiro atoms. The molecule has 1 aromatic carbocycles. The van der Waals surface area contributed by atoms with Crippen LogP contribution in [0.2, 0.25) is 0 Å². The Kier molecular flexibility index (Phi) is 5.75. The molecule has 0 aliphatic carbocycles. The molecular formula is C25H24N6OS. The van der Waals surface area contributed by atoms with Gasteiger partial charge in [0, 0.05) is 37.4 Å². The number of ether oxygens (including phenoxy) is 1. The standard InChI is InChI=1S/C25H24N6OS/c1-17-28-20(16-33-17)14-31-23-11-18(19-7-9-24(27-12-19)30(2)3)6-8-22(23)29-25(31)15-32-21-5-4-10-26-13-21/h4-13,16H,14-15H2,1-3H3. The highest BCUT2D eigenvalue weighted by atomic mass is 32.1. The van der Waals surface area contributed by atoms with Crippen molar-refractivity contribution in [2.75, 3.05) is 19.0 Å². The molecule has 0 aliphatic heterocycles. The molecule has 4 aromatic heterocycles. The lowest BCUT2D eigenvalue weighted by Crippen LogP contribution is -2.10. The smallest absolute Gasteiger partial charge is 0.148 e. The lowest BCUT2D eigenvalue weighted by Gasteiger charge is -2.12. The molecule has 7 nitrogen and oxygen atoms in total. The Balaban J connectivity index is 1.53. The van der Waals surface area contributed by atoms with Crippen molar-refractivity contribution in [3.05, 3.63) is 83.0 Å². The Morgan fingerprint density at radius 3 is 2.61 bits per heavy atom. The number of benzene rings is 1. The van der Waals surface area contributed by atoms with Gasteiger partial charge in [-0.3, -0.25) is 4.98 Å². The molecule has 0 radical (unpaired) electrons. The summed E-state index contributed by atoms with van der Waals surface area (Å²) in [4.78, 5) is 20.2. The van der Waals surface area contributed by atoms with Crippen molar-refractivity contribution < 1.29 is 4.74 Å². The predicted molar refractivity (Wildman–Crippen MR) is 132 cm³/mol. The number of hydrogen-bond acceptors (Lipinski definition) is 7. The third-order valence-corrected chi connectivity index (χ3v) is 6.18. The fraction of sp³-hybridized carbons (Fsp3) is 0.200. The van der Waals surface area contributed by atoms with Gasteiger partial charge >= 0.3 is 0 Å². The van der Waals surface area contributed by atoms with Crippen molar-refractivity contribution in [1.29, 1.82) is 0 Å². The van der Waals surface area contributed by atoms with E-state index in [0.717, 1.165) is 44.5 Å². The van der Waals surface area contributed by atoms with Gasteiger partial charge in [-0.15, -0.1) is 11.3 Å². The molecule has 8 heteroatoms. The molecule has 0 atom stereocenters. The van der Waals surface area contributed by atoms with Gasteiger partial charge in [0.1, 0.15) is 24.0 Å². The summed E-state index contributed by atoms with van der Waals surface area (Å²) in [5, 5.41) is 3.15. The minimum atomic E-state index is 0.345. The number of pyridine rings is 2. The van der Waals surface area contributed by atoms with E-state index in [2.05, 4.69) is 49.2 Å². The lowest BCUT2D eigenvalue weighted by atomic mass is 10.1. The maximum atomic E-state index is 5.98. The second-order valence-corrected chi connectivity index (χ2v) is 9.01. The van der Waals surface area contributed by atoms with Crippen LogP contribution in [0.3, 0.4) is 0 Å². The van der Waals surface area contributed by atoms with Gasteiger partial charge in [-0.1, -0.05) is 6.07 Å². The van der Waals surface area contributed by atoms with Crippen LogP contribution in [0.5, 0.6) is 5.75 Å². The molecule has 0 saturated carbocycles. The molecular weight excluding hydrogens is 432 g/mol. The van der Waals surface area contributed by atoms with E-state index in [9.17, 15) is 0 Å². The zero-order valence-corrected chi connectivity index (χ0v) is 19.6. The number of rotatable bonds is 7. The second kappa shape index (κ2) is 8.99. The maximum Gasteiger partial charge on any atom is 0.148 e. The van der Waals surface area contributed by atoms with E-state index in [-0.39, 0.29) is 0 Å². The molecule has 0 saturated heterocycles. The number of aryl methyl sites for hydroxylation is 1. The van der Waals surface area contributed by atoms with Crippen molar-refractivity contribution in [3.8, 4) is 16.9 Å². The van der Waals surface area contributed by atoms with Crippen LogP contribution in [0.4, 0.5) is 5.82 Å². The molecule has 5 aromatic rings. The third-order valence-electron chi connectivity index (χ3n) is 5.36. The fourth-order valence-corrected chi connectivity index (χ4v) is 4.29. The van der Waals surface area contributed by atoms with Crippen LogP contribution in [0.1, 0.15) is 16.5 Å². The summed E-state index contributed by atoms with van der Waals surface area (Å²) >= 11 is 1.65. The number of hydrogen-bond donors (Lipinski definition) is 0. The Bertz CT molecular complexity index is 1380. The van der Waals surface area contributed by atoms with Crippen LogP contribution < -0.4 is 9.64 Å². The number of aromatic nitrogens is 5. The first-order valence-corrected chi connectivity index (χ1v) is 11.5. The number of anilines is 1. The summed E-state index contributed by atoms with van der Waals surface area (Å²) in [6, 6.07) is 14.2. The van der Waals surface area contributed by atoms with Crippen LogP contribution in [0.15, 0.2) is 66.4 Å². The van der Waals surface area contributed by atoms with E-state index in [1.165, 1.54) is 0 Å². The first-order valence-electron chi connectivity index (χ1n) is 10.6. The molecule has 33 heavy (non-hydrogen) atoms. The summed E-state index contributed by atoms with van der Waals surface area (Å²) in [5.41, 5.74) is 5.14. The minimum absolute atomic E-state index is 0.345. The van der Waals surface area contributed by atoms with Crippen LogP contribution in [0.25, 0.3) is 22.2 Å². The van der Waals surface area contributed by atoms with Crippen molar-refractivity contribution in [1.82, 2.24) is 24.5 Å². The van der Waals surface area contributed by atoms with Gasteiger partial charge in [-0.05, 0) is 48.9 Å². The topological polar surface area (TPSA) is 69.0 Å². The van der Waals surface area contributed by atoms with Crippen molar-refractivity contribution in [2.45, 2.75) is 20.1 Å². The Morgan fingerprint density at radius 2 is 1.91 bits per heavy atom. The van der Waals surface area contributed by atoms with Crippen LogP contribution in [-0.2, 0) is 13.2 Å². The van der Waals surface area contributed by atoms with Crippen LogP contribution in [-0.4, -0.2) is 38.6 Å². The molecule has 4 heterocycles. The summed E-state index contributed by atoms with van der Waals surface area (Å²) in [7, 11) is 3.98. The Morgan fingerprint density at radius 1 is 1.03 bits per heavy atom. The van der Waals surface area contributed by atoms with Gasteiger partial charge in [-0.25, -0.2) is 15.0 Å². The first kappa shape index (κ1) is 21.1. The van der Waals surface area contributed by atoms with Crippen LogP contribution >= 0.6 is 11.3 Å². The molecule has 5 rings (SSSR count). The van der Waals surface area contributed by atoms with Gasteiger partial charge in [0.15, 0.2) is 0 Å². The zero-order chi connectivity index (χ0) is 22.8. The summed E-state index contributed by atoms with van der Waals surface area (Å²) < 4.78 is 8.16. The molecule has 0 bridgehead atoms. The number of fused-ring (bicyclic) bond motifs is 1. The van der Waals surface area contributed by atoms with E-state index in [1.807, 2.05) is 50.3 Å². The number of imidazole rings is 1. The van der Waals surface area contributed by atoms with E-state index in [1.54, 1.807) is 23.7 Å². The van der Waals surface area contributed by atoms with Gasteiger partial charge in [0.25, 0.3) is 0 Å². The predicted octanol–water partition coefficient (Wildman–Crippen LogP) is 4.95. The normalized spacial score (nSPS) is 11.1. The maximum absolute atomic E-state index is 5.98. The van der Waals surface area contributed by atoms with E-state index in [0.29, 0.717) is 18.9 Å². The monoisotopic (exact) mass is 456 g/mol. The quantitative estimate of drug-likeness (QED) is 0.345. The largest absolute Gasteiger partial charge is 0.484 e. The molecule has 0 unspecified atom stereocenters. The van der Waals surface area contributed by atoms with E-state index < -0.39 is 0 Å². The van der Waals surface area contributed by atoms with Gasteiger partial charge in [0.05, 0.1) is 34.5 Å². The van der Waals surface area contributed by atoms with Crippen molar-refractivity contribution >= 4 is 28.2 Å². The van der Waals surface area contributed by atoms with E-state index >= 15 is 0 Å². The second-order valence-electron chi connectivity index (χ2n) is 7.95. The Hall–Kier alpha value is -3.78. The average Bonchev–Trinajstić information content (AvgIpc) is 3.41. The number of nitrogens with zero attached hydrogens (tertiary/aromatic N) is 6. The molecule has 0 fully saturated rings. The number of thiazole rings is 1. The van der Waals surface area contributed by atoms with E-state index in [4.69, 9.17) is 9.72 Å². The molecule has 0 aliphatic rings. The van der Waals surface area contributed by atoms with Gasteiger partial charge < -0.3 is 14.2 Å². The first-order chi connectivity index (χ1) is 16.1. The van der Waals surface area contributed by atoms with Crippen molar-refractivity contribution in [2.24, 2.45) is 0 Å². The third kappa shape index (κ3) is 4.56. The lowest BCUT2D eigenvalue weighted by molar-refractivity contribution is 0.290. The van der Waals surface area contributed by atoms with Gasteiger partial charge in [-0.2, -0.15) is 0 Å². The summed E-state index contributed by atoms with van der Waals surface area (Å²) in [5.74, 6) is 2.49. The SMILES string of the molecule is Cc1nc(Cn2c(COc3cccnc3)nc3ccc(-c4ccc(N(C)C)nc4)cc32)cs1. The highest BCUT2D eigenvalue weighted by Crippen LogP contribution is 2.27. The minimum Gasteiger partial charge on any atom is -0.484 e. The molecule has 166 valence electrons. The van der Waals surface area contributed by atoms with Crippen LogP contribution in [0, 0.1) is 6.92 Å². The summed E-state index contributed by atoms with van der Waals surface area (Å²) in [6.07, 6.45) is 5.35. The molecule has 0 N–H and O–H groups in total. The molecule has 0 amide bonds. The average molecular weight is 457 g/mol. The highest BCUT2D eigenvalue weighted by molar-refractivity contribution is 7.09. The van der Waals surface area contributed by atoms with Crippen molar-refractivity contribution in [3.63, 3.8) is 0 Å². The fourth-order valence-electron chi connectivity index (χ4n) is 3.68. The van der Waals surface area contributed by atoms with Gasteiger partial charge in [0.2, 0.25) is 0 Å². The zero-order valence-electron chi connectivity index (χ0n) is 18.8. The highest BCUT2D eigenvalue weighted by Gasteiger charge is 2.15.